The third-order valence-electron chi connectivity index (χ3n) is 3.08. The average molecular weight is 329 g/mol. The van der Waals surface area contributed by atoms with Crippen LogP contribution in [-0.2, 0) is 6.54 Å². The van der Waals surface area contributed by atoms with Gasteiger partial charge in [0.05, 0.1) is 5.69 Å². The Hall–Kier alpha value is -2.93. The predicted molar refractivity (Wildman–Crippen MR) is 86.5 cm³/mol. The SMILES string of the molecule is O=C(NCc1cccc(Cl)c1)Nc1ccc(-n2cnnn2)cc1. The number of nitrogens with one attached hydrogen (secondary N) is 2. The van der Waals surface area contributed by atoms with E-state index in [4.69, 9.17) is 11.6 Å². The molecule has 2 amide bonds. The van der Waals surface area contributed by atoms with Crippen molar-refractivity contribution < 1.29 is 4.79 Å². The summed E-state index contributed by atoms with van der Waals surface area (Å²) < 4.78 is 1.53. The molecule has 1 aromatic heterocycles. The minimum Gasteiger partial charge on any atom is -0.334 e. The topological polar surface area (TPSA) is 84.7 Å². The van der Waals surface area contributed by atoms with Crippen molar-refractivity contribution in [3.63, 3.8) is 0 Å². The van der Waals surface area contributed by atoms with Gasteiger partial charge in [0, 0.05) is 17.3 Å². The van der Waals surface area contributed by atoms with Crippen LogP contribution in [-0.4, -0.2) is 26.2 Å². The molecule has 0 saturated carbocycles. The summed E-state index contributed by atoms with van der Waals surface area (Å²) >= 11 is 5.90. The average Bonchev–Trinajstić information content (AvgIpc) is 3.08. The van der Waals surface area contributed by atoms with Crippen LogP contribution in [0.15, 0.2) is 54.9 Å². The van der Waals surface area contributed by atoms with E-state index in [1.165, 1.54) is 11.0 Å². The Bertz CT molecular complexity index is 788. The maximum absolute atomic E-state index is 11.9. The smallest absolute Gasteiger partial charge is 0.319 e. The molecule has 0 aliphatic rings. The summed E-state index contributed by atoms with van der Waals surface area (Å²) in [6.45, 7) is 0.398. The highest BCUT2D eigenvalue weighted by Gasteiger charge is 2.03. The standard InChI is InChI=1S/C15H13ClN6O/c16-12-3-1-2-11(8-12)9-17-15(23)19-13-4-6-14(7-5-13)22-10-18-20-21-22/h1-8,10H,9H2,(H2,17,19,23). The molecule has 116 valence electrons. The Labute approximate surface area is 137 Å². The van der Waals surface area contributed by atoms with Crippen LogP contribution in [0.5, 0.6) is 0 Å². The van der Waals surface area contributed by atoms with Crippen molar-refractivity contribution >= 4 is 23.3 Å². The van der Waals surface area contributed by atoms with E-state index in [2.05, 4.69) is 26.2 Å². The number of carbonyl (C=O) groups is 1. The molecule has 0 aliphatic heterocycles. The fourth-order valence-electron chi connectivity index (χ4n) is 1.98. The number of urea groups is 1. The van der Waals surface area contributed by atoms with Gasteiger partial charge in [0.1, 0.15) is 6.33 Å². The third-order valence-corrected chi connectivity index (χ3v) is 3.32. The second-order valence-corrected chi connectivity index (χ2v) is 5.18. The van der Waals surface area contributed by atoms with Crippen LogP contribution in [0.2, 0.25) is 5.02 Å². The Morgan fingerprint density at radius 2 is 2.00 bits per heavy atom. The van der Waals surface area contributed by atoms with Crippen LogP contribution >= 0.6 is 11.6 Å². The molecule has 8 heteroatoms. The number of tetrazole rings is 1. The van der Waals surface area contributed by atoms with Crippen molar-refractivity contribution in [2.75, 3.05) is 5.32 Å². The molecule has 2 N–H and O–H groups in total. The van der Waals surface area contributed by atoms with Gasteiger partial charge >= 0.3 is 6.03 Å². The lowest BCUT2D eigenvalue weighted by atomic mass is 10.2. The summed E-state index contributed by atoms with van der Waals surface area (Å²) in [6.07, 6.45) is 1.50. The van der Waals surface area contributed by atoms with Crippen molar-refractivity contribution in [3.8, 4) is 5.69 Å². The number of nitrogens with zero attached hydrogens (tertiary/aromatic N) is 4. The third kappa shape index (κ3) is 4.04. The van der Waals surface area contributed by atoms with E-state index in [0.717, 1.165) is 11.3 Å². The maximum Gasteiger partial charge on any atom is 0.319 e. The Balaban J connectivity index is 1.55. The highest BCUT2D eigenvalue weighted by atomic mass is 35.5. The predicted octanol–water partition coefficient (Wildman–Crippen LogP) is 2.64. The van der Waals surface area contributed by atoms with Gasteiger partial charge in [0.15, 0.2) is 0 Å². The van der Waals surface area contributed by atoms with Crippen LogP contribution in [0.1, 0.15) is 5.56 Å². The summed E-state index contributed by atoms with van der Waals surface area (Å²) in [5.41, 5.74) is 2.41. The summed E-state index contributed by atoms with van der Waals surface area (Å²) in [6, 6.07) is 14.2. The van der Waals surface area contributed by atoms with E-state index in [9.17, 15) is 4.79 Å². The van der Waals surface area contributed by atoms with Crippen LogP contribution in [0.3, 0.4) is 0 Å². The number of rotatable bonds is 4. The van der Waals surface area contributed by atoms with E-state index >= 15 is 0 Å². The first-order valence-electron chi connectivity index (χ1n) is 6.83. The molecule has 7 nitrogen and oxygen atoms in total. The van der Waals surface area contributed by atoms with Gasteiger partial charge < -0.3 is 10.6 Å². The fraction of sp³-hybridized carbons (Fsp3) is 0.0667. The van der Waals surface area contributed by atoms with Gasteiger partial charge in [-0.1, -0.05) is 23.7 Å². The summed E-state index contributed by atoms with van der Waals surface area (Å²) in [4.78, 5) is 11.9. The molecule has 0 radical (unpaired) electrons. The normalized spacial score (nSPS) is 10.3. The van der Waals surface area contributed by atoms with Crippen molar-refractivity contribution in [2.45, 2.75) is 6.54 Å². The molecule has 0 saturated heterocycles. The zero-order chi connectivity index (χ0) is 16.1. The van der Waals surface area contributed by atoms with Crippen molar-refractivity contribution in [3.05, 3.63) is 65.4 Å². The first-order valence-corrected chi connectivity index (χ1v) is 7.21. The van der Waals surface area contributed by atoms with Crippen LogP contribution in [0, 0.1) is 0 Å². The van der Waals surface area contributed by atoms with E-state index < -0.39 is 0 Å². The largest absolute Gasteiger partial charge is 0.334 e. The van der Waals surface area contributed by atoms with Gasteiger partial charge in [0.25, 0.3) is 0 Å². The molecule has 0 unspecified atom stereocenters. The highest BCUT2D eigenvalue weighted by Crippen LogP contribution is 2.12. The zero-order valence-electron chi connectivity index (χ0n) is 12.0. The quantitative estimate of drug-likeness (QED) is 0.771. The van der Waals surface area contributed by atoms with Gasteiger partial charge in [-0.3, -0.25) is 0 Å². The molecular formula is C15H13ClN6O. The van der Waals surface area contributed by atoms with Crippen LogP contribution < -0.4 is 10.6 Å². The lowest BCUT2D eigenvalue weighted by molar-refractivity contribution is 0.251. The van der Waals surface area contributed by atoms with E-state index in [-0.39, 0.29) is 6.03 Å². The highest BCUT2D eigenvalue weighted by molar-refractivity contribution is 6.30. The van der Waals surface area contributed by atoms with E-state index in [0.29, 0.717) is 17.3 Å². The van der Waals surface area contributed by atoms with Gasteiger partial charge in [-0.05, 0) is 52.4 Å². The number of amides is 2. The lowest BCUT2D eigenvalue weighted by Gasteiger charge is -2.08. The summed E-state index contributed by atoms with van der Waals surface area (Å²) in [5.74, 6) is 0. The minimum atomic E-state index is -0.292. The number of aromatic nitrogens is 4. The second kappa shape index (κ2) is 6.89. The molecule has 1 heterocycles. The van der Waals surface area contributed by atoms with Crippen molar-refractivity contribution in [2.24, 2.45) is 0 Å². The van der Waals surface area contributed by atoms with Gasteiger partial charge in [-0.2, -0.15) is 0 Å². The van der Waals surface area contributed by atoms with Crippen LogP contribution in [0.25, 0.3) is 5.69 Å². The molecule has 0 fully saturated rings. The van der Waals surface area contributed by atoms with Crippen molar-refractivity contribution in [1.29, 1.82) is 0 Å². The first kappa shape index (κ1) is 15.0. The fourth-order valence-corrected chi connectivity index (χ4v) is 2.19. The number of hydrogen-bond donors (Lipinski definition) is 2. The van der Waals surface area contributed by atoms with Crippen molar-refractivity contribution in [1.82, 2.24) is 25.5 Å². The molecule has 3 rings (SSSR count). The summed E-state index contributed by atoms with van der Waals surface area (Å²) in [7, 11) is 0. The monoisotopic (exact) mass is 328 g/mol. The molecule has 0 bridgehead atoms. The lowest BCUT2D eigenvalue weighted by Crippen LogP contribution is -2.28. The van der Waals surface area contributed by atoms with Gasteiger partial charge in [0.2, 0.25) is 0 Å². The van der Waals surface area contributed by atoms with Gasteiger partial charge in [-0.25, -0.2) is 9.48 Å². The number of carbonyl (C=O) groups excluding carboxylic acids is 1. The second-order valence-electron chi connectivity index (χ2n) is 4.74. The van der Waals surface area contributed by atoms with Gasteiger partial charge in [-0.15, -0.1) is 5.10 Å². The minimum absolute atomic E-state index is 0.292. The van der Waals surface area contributed by atoms with Crippen LogP contribution in [0.4, 0.5) is 10.5 Å². The molecule has 0 spiro atoms. The summed E-state index contributed by atoms with van der Waals surface area (Å²) in [5, 5.41) is 17.1. The number of anilines is 1. The zero-order valence-corrected chi connectivity index (χ0v) is 12.7. The molecule has 3 aromatic rings. The molecule has 0 aliphatic carbocycles. The number of hydrogen-bond acceptors (Lipinski definition) is 4. The van der Waals surface area contributed by atoms with E-state index in [1.54, 1.807) is 18.2 Å². The first-order chi connectivity index (χ1) is 11.2. The maximum atomic E-state index is 11.9. The molecule has 0 atom stereocenters. The Morgan fingerprint density at radius 3 is 2.70 bits per heavy atom. The Kier molecular flexibility index (Phi) is 4.49. The molecule has 23 heavy (non-hydrogen) atoms. The number of benzene rings is 2. The molecule has 2 aromatic carbocycles. The number of halogens is 1. The van der Waals surface area contributed by atoms with E-state index in [1.807, 2.05) is 30.3 Å². The molecular weight excluding hydrogens is 316 g/mol. The Morgan fingerprint density at radius 1 is 1.17 bits per heavy atom.